The fraction of sp³-hybridized carbons (Fsp3) is 0.0909. The Morgan fingerprint density at radius 2 is 2.07 bits per heavy atom. The Bertz CT molecular complexity index is 462. The molecule has 3 nitrogen and oxygen atoms in total. The fourth-order valence-electron chi connectivity index (χ4n) is 0.894. The van der Waals surface area contributed by atoms with Gasteiger partial charge in [0, 0.05) is 5.56 Å². The number of carboxylic acid groups (broad SMARTS) is 1. The first kappa shape index (κ1) is 11.1. The van der Waals surface area contributed by atoms with Gasteiger partial charge in [-0.2, -0.15) is 4.99 Å². The molecular weight excluding hydrogens is 210 g/mol. The Labute approximate surface area is 92.5 Å². The van der Waals surface area contributed by atoms with Crippen molar-refractivity contribution in [1.29, 1.82) is 0 Å². The van der Waals surface area contributed by atoms with E-state index in [1.54, 1.807) is 24.3 Å². The molecule has 0 aliphatic carbocycles. The van der Waals surface area contributed by atoms with Gasteiger partial charge in [-0.05, 0) is 36.5 Å². The minimum Gasteiger partial charge on any atom is -0.481 e. The molecule has 74 valence electrons. The third-order valence-corrected chi connectivity index (χ3v) is 1.61. The molecule has 0 unspecified atom stereocenters. The second kappa shape index (κ2) is 5.71. The zero-order chi connectivity index (χ0) is 11.1. The van der Waals surface area contributed by atoms with Crippen molar-refractivity contribution in [3.63, 3.8) is 0 Å². The van der Waals surface area contributed by atoms with Crippen LogP contribution >= 0.6 is 12.2 Å². The van der Waals surface area contributed by atoms with Gasteiger partial charge in [0.15, 0.2) is 0 Å². The molecule has 4 heteroatoms. The molecule has 0 radical (unpaired) electrons. The Hall–Kier alpha value is -1.95. The highest BCUT2D eigenvalue weighted by atomic mass is 32.1. The van der Waals surface area contributed by atoms with E-state index in [4.69, 9.17) is 5.11 Å². The van der Waals surface area contributed by atoms with Gasteiger partial charge in [0.05, 0.1) is 10.8 Å². The predicted molar refractivity (Wildman–Crippen MR) is 60.3 cm³/mol. The topological polar surface area (TPSA) is 49.7 Å². The van der Waals surface area contributed by atoms with Crippen LogP contribution in [0.4, 0.5) is 5.69 Å². The van der Waals surface area contributed by atoms with Gasteiger partial charge in [-0.25, -0.2) is 0 Å². The van der Waals surface area contributed by atoms with Crippen molar-refractivity contribution in [2.45, 2.75) is 6.42 Å². The molecule has 1 aromatic carbocycles. The monoisotopic (exact) mass is 217 g/mol. The number of hydrogen-bond donors (Lipinski definition) is 1. The molecule has 15 heavy (non-hydrogen) atoms. The predicted octanol–water partition coefficient (Wildman–Crippen LogP) is 2.25. The maximum absolute atomic E-state index is 10.2. The van der Waals surface area contributed by atoms with Crippen LogP contribution in [0.25, 0.3) is 0 Å². The van der Waals surface area contributed by atoms with Crippen LogP contribution in [0.15, 0.2) is 29.3 Å². The zero-order valence-corrected chi connectivity index (χ0v) is 8.54. The molecule has 0 aliphatic heterocycles. The van der Waals surface area contributed by atoms with E-state index in [0.29, 0.717) is 5.69 Å². The third-order valence-electron chi connectivity index (χ3n) is 1.51. The van der Waals surface area contributed by atoms with Crippen molar-refractivity contribution in [2.24, 2.45) is 4.99 Å². The lowest BCUT2D eigenvalue weighted by Crippen LogP contribution is -1.90. The molecule has 0 bridgehead atoms. The summed E-state index contributed by atoms with van der Waals surface area (Å²) in [4.78, 5) is 14.0. The van der Waals surface area contributed by atoms with E-state index in [9.17, 15) is 4.79 Å². The number of isothiocyanates is 1. The lowest BCUT2D eigenvalue weighted by atomic mass is 10.2. The minimum atomic E-state index is -0.926. The van der Waals surface area contributed by atoms with Gasteiger partial charge in [0.1, 0.15) is 6.42 Å². The zero-order valence-electron chi connectivity index (χ0n) is 7.73. The summed E-state index contributed by atoms with van der Waals surface area (Å²) < 4.78 is 0. The Morgan fingerprint density at radius 1 is 1.40 bits per heavy atom. The average molecular weight is 217 g/mol. The molecule has 0 saturated heterocycles. The fourth-order valence-corrected chi connectivity index (χ4v) is 0.999. The Kier molecular flexibility index (Phi) is 4.24. The van der Waals surface area contributed by atoms with E-state index < -0.39 is 5.97 Å². The Morgan fingerprint density at radius 3 is 2.60 bits per heavy atom. The van der Waals surface area contributed by atoms with E-state index in [1.807, 2.05) is 0 Å². The van der Waals surface area contributed by atoms with Gasteiger partial charge in [0.2, 0.25) is 0 Å². The first-order chi connectivity index (χ1) is 7.22. The quantitative estimate of drug-likeness (QED) is 0.469. The van der Waals surface area contributed by atoms with Crippen LogP contribution in [0, 0.1) is 11.8 Å². The van der Waals surface area contributed by atoms with Crippen LogP contribution in [0.2, 0.25) is 0 Å². The highest BCUT2D eigenvalue weighted by molar-refractivity contribution is 7.78. The molecule has 0 saturated carbocycles. The summed E-state index contributed by atoms with van der Waals surface area (Å²) in [5.74, 6) is 4.34. The van der Waals surface area contributed by atoms with E-state index in [1.165, 1.54) is 0 Å². The maximum Gasteiger partial charge on any atom is 0.315 e. The van der Waals surface area contributed by atoms with Gasteiger partial charge in [-0.3, -0.25) is 4.79 Å². The number of nitrogens with zero attached hydrogens (tertiary/aromatic N) is 1. The summed E-state index contributed by atoms with van der Waals surface area (Å²) >= 11 is 4.46. The SMILES string of the molecule is O=C(O)CC#Cc1ccc(N=C=S)cc1. The summed E-state index contributed by atoms with van der Waals surface area (Å²) in [5, 5.41) is 10.6. The molecule has 0 aliphatic rings. The summed E-state index contributed by atoms with van der Waals surface area (Å²) in [6.45, 7) is 0. The van der Waals surface area contributed by atoms with Crippen molar-refractivity contribution in [1.82, 2.24) is 0 Å². The van der Waals surface area contributed by atoms with E-state index in [0.717, 1.165) is 5.56 Å². The molecule has 0 heterocycles. The van der Waals surface area contributed by atoms with Crippen molar-refractivity contribution in [3.8, 4) is 11.8 Å². The van der Waals surface area contributed by atoms with Crippen molar-refractivity contribution in [2.75, 3.05) is 0 Å². The van der Waals surface area contributed by atoms with Crippen molar-refractivity contribution >= 4 is 29.0 Å². The Balaban J connectivity index is 2.74. The van der Waals surface area contributed by atoms with Gasteiger partial charge >= 0.3 is 5.97 Å². The minimum absolute atomic E-state index is 0.153. The van der Waals surface area contributed by atoms with Gasteiger partial charge < -0.3 is 5.11 Å². The molecule has 0 spiro atoms. The summed E-state index contributed by atoms with van der Waals surface area (Å²) in [6, 6.07) is 6.98. The molecular formula is C11H7NO2S. The largest absolute Gasteiger partial charge is 0.481 e. The van der Waals surface area contributed by atoms with Gasteiger partial charge in [-0.15, -0.1) is 0 Å². The number of hydrogen-bond acceptors (Lipinski definition) is 3. The summed E-state index contributed by atoms with van der Waals surface area (Å²) in [5.41, 5.74) is 1.45. The molecule has 1 rings (SSSR count). The molecule has 0 atom stereocenters. The molecule has 0 fully saturated rings. The first-order valence-corrected chi connectivity index (χ1v) is 4.52. The number of carboxylic acids is 1. The van der Waals surface area contributed by atoms with Gasteiger partial charge in [-0.1, -0.05) is 11.8 Å². The highest BCUT2D eigenvalue weighted by Crippen LogP contribution is 2.11. The van der Waals surface area contributed by atoms with E-state index in [-0.39, 0.29) is 6.42 Å². The van der Waals surface area contributed by atoms with E-state index in [2.05, 4.69) is 34.2 Å². The van der Waals surface area contributed by atoms with E-state index >= 15 is 0 Å². The molecule has 1 aromatic rings. The van der Waals surface area contributed by atoms with Crippen LogP contribution in [-0.4, -0.2) is 16.2 Å². The molecule has 0 amide bonds. The number of thiocarbonyl (C=S) groups is 1. The van der Waals surface area contributed by atoms with Gasteiger partial charge in [0.25, 0.3) is 0 Å². The lowest BCUT2D eigenvalue weighted by molar-refractivity contribution is -0.135. The number of benzene rings is 1. The highest BCUT2D eigenvalue weighted by Gasteiger charge is 1.90. The summed E-state index contributed by atoms with van der Waals surface area (Å²) in [7, 11) is 0. The summed E-state index contributed by atoms with van der Waals surface area (Å²) in [6.07, 6.45) is -0.153. The number of rotatable bonds is 2. The number of aliphatic carboxylic acids is 1. The number of carbonyl (C=O) groups is 1. The molecule has 1 N–H and O–H groups in total. The second-order valence-corrected chi connectivity index (χ2v) is 2.80. The lowest BCUT2D eigenvalue weighted by Gasteiger charge is -1.90. The standard InChI is InChI=1S/C11H7NO2S/c13-11(14)3-1-2-9-4-6-10(7-5-9)12-8-15/h4-7H,3H2,(H,13,14). The third kappa shape index (κ3) is 4.19. The van der Waals surface area contributed by atoms with Crippen LogP contribution in [0.1, 0.15) is 12.0 Å². The van der Waals surface area contributed by atoms with Crippen LogP contribution in [0.3, 0.4) is 0 Å². The van der Waals surface area contributed by atoms with Crippen LogP contribution in [0.5, 0.6) is 0 Å². The number of aliphatic imine (C=N–C) groups is 1. The van der Waals surface area contributed by atoms with Crippen LogP contribution < -0.4 is 0 Å². The smallest absolute Gasteiger partial charge is 0.315 e. The van der Waals surface area contributed by atoms with Crippen molar-refractivity contribution < 1.29 is 9.90 Å². The second-order valence-electron chi connectivity index (χ2n) is 2.62. The first-order valence-electron chi connectivity index (χ1n) is 4.11. The molecule has 0 aromatic heterocycles. The van der Waals surface area contributed by atoms with Crippen molar-refractivity contribution in [3.05, 3.63) is 29.8 Å². The maximum atomic E-state index is 10.2. The van der Waals surface area contributed by atoms with Crippen LogP contribution in [-0.2, 0) is 4.79 Å². The average Bonchev–Trinajstić information content (AvgIpc) is 2.20. The normalized spacial score (nSPS) is 8.27.